The van der Waals surface area contributed by atoms with Crippen LogP contribution >= 0.6 is 0 Å². The molecule has 30 heavy (non-hydrogen) atoms. The predicted octanol–water partition coefficient (Wildman–Crippen LogP) is 4.43. The molecule has 0 saturated heterocycles. The number of aromatic nitrogens is 2. The Balaban J connectivity index is 1.48. The highest BCUT2D eigenvalue weighted by Crippen LogP contribution is 2.30. The van der Waals surface area contributed by atoms with Crippen LogP contribution in [0.3, 0.4) is 0 Å². The van der Waals surface area contributed by atoms with Crippen LogP contribution in [-0.4, -0.2) is 29.8 Å². The fraction of sp³-hybridized carbons (Fsp3) is 0.0870. The molecule has 3 aromatic carbocycles. The van der Waals surface area contributed by atoms with Crippen LogP contribution in [0.4, 0.5) is 5.69 Å². The molecule has 0 spiro atoms. The molecule has 7 nitrogen and oxygen atoms in total. The van der Waals surface area contributed by atoms with Gasteiger partial charge >= 0.3 is 0 Å². The molecule has 1 N–H and O–H groups in total. The molecule has 4 rings (SSSR count). The number of amides is 1. The van der Waals surface area contributed by atoms with Crippen molar-refractivity contribution in [2.24, 2.45) is 0 Å². The zero-order chi connectivity index (χ0) is 20.8. The van der Waals surface area contributed by atoms with E-state index >= 15 is 0 Å². The van der Waals surface area contributed by atoms with Crippen molar-refractivity contribution >= 4 is 11.6 Å². The minimum Gasteiger partial charge on any atom is -0.495 e. The molecule has 0 unspecified atom stereocenters. The van der Waals surface area contributed by atoms with E-state index in [0.717, 1.165) is 5.56 Å². The summed E-state index contributed by atoms with van der Waals surface area (Å²) in [6.07, 6.45) is 0. The minimum atomic E-state index is -0.315. The number of carbonyl (C=O) groups is 1. The molecule has 0 saturated carbocycles. The number of carbonyl (C=O) groups excluding carboxylic acids is 1. The number of hydrogen-bond donors (Lipinski definition) is 1. The van der Waals surface area contributed by atoms with Crippen LogP contribution in [0.15, 0.2) is 83.4 Å². The van der Waals surface area contributed by atoms with Gasteiger partial charge in [-0.3, -0.25) is 4.79 Å². The Hall–Kier alpha value is -4.13. The maximum absolute atomic E-state index is 12.3. The SMILES string of the molecule is COc1ccccc1NC(=O)COc1ccccc1-c1nc(-c2ccccc2)no1. The van der Waals surface area contributed by atoms with E-state index in [-0.39, 0.29) is 12.5 Å². The highest BCUT2D eigenvalue weighted by atomic mass is 16.5. The second-order valence-electron chi connectivity index (χ2n) is 6.32. The third kappa shape index (κ3) is 4.30. The molecule has 0 bridgehead atoms. The van der Waals surface area contributed by atoms with Crippen LogP contribution in [0.25, 0.3) is 22.8 Å². The van der Waals surface area contributed by atoms with Gasteiger partial charge in [0, 0.05) is 5.56 Å². The summed E-state index contributed by atoms with van der Waals surface area (Å²) in [7, 11) is 1.55. The van der Waals surface area contributed by atoms with Crippen molar-refractivity contribution in [2.45, 2.75) is 0 Å². The van der Waals surface area contributed by atoms with Crippen LogP contribution in [0, 0.1) is 0 Å². The van der Waals surface area contributed by atoms with Crippen molar-refractivity contribution in [3.8, 4) is 34.3 Å². The maximum Gasteiger partial charge on any atom is 0.262 e. The van der Waals surface area contributed by atoms with Gasteiger partial charge in [0.2, 0.25) is 5.82 Å². The van der Waals surface area contributed by atoms with Crippen LogP contribution in [0.5, 0.6) is 11.5 Å². The number of benzene rings is 3. The topological polar surface area (TPSA) is 86.5 Å². The lowest BCUT2D eigenvalue weighted by Crippen LogP contribution is -2.20. The van der Waals surface area contributed by atoms with Gasteiger partial charge in [-0.15, -0.1) is 0 Å². The average Bonchev–Trinajstić information content (AvgIpc) is 3.29. The molecular weight excluding hydrogens is 382 g/mol. The van der Waals surface area contributed by atoms with Crippen LogP contribution in [0.2, 0.25) is 0 Å². The van der Waals surface area contributed by atoms with Gasteiger partial charge in [-0.05, 0) is 24.3 Å². The van der Waals surface area contributed by atoms with Gasteiger partial charge in [0.05, 0.1) is 18.4 Å². The van der Waals surface area contributed by atoms with Crippen molar-refractivity contribution in [3.05, 3.63) is 78.9 Å². The first-order valence-corrected chi connectivity index (χ1v) is 9.29. The highest BCUT2D eigenvalue weighted by molar-refractivity contribution is 5.93. The summed E-state index contributed by atoms with van der Waals surface area (Å²) in [5.74, 6) is 1.52. The minimum absolute atomic E-state index is 0.186. The van der Waals surface area contributed by atoms with E-state index in [4.69, 9.17) is 14.0 Å². The Labute approximate surface area is 173 Å². The first kappa shape index (κ1) is 19.2. The second kappa shape index (κ2) is 8.91. The maximum atomic E-state index is 12.3. The third-order valence-corrected chi connectivity index (χ3v) is 4.32. The van der Waals surface area contributed by atoms with E-state index in [0.29, 0.717) is 34.5 Å². The first-order chi connectivity index (χ1) is 14.7. The Bertz CT molecular complexity index is 1140. The summed E-state index contributed by atoms with van der Waals surface area (Å²) in [4.78, 5) is 16.8. The van der Waals surface area contributed by atoms with Crippen LogP contribution in [-0.2, 0) is 4.79 Å². The quantitative estimate of drug-likeness (QED) is 0.493. The number of anilines is 1. The second-order valence-corrected chi connectivity index (χ2v) is 6.32. The zero-order valence-electron chi connectivity index (χ0n) is 16.2. The lowest BCUT2D eigenvalue weighted by Gasteiger charge is -2.11. The summed E-state index contributed by atoms with van der Waals surface area (Å²) in [5, 5.41) is 6.82. The normalized spacial score (nSPS) is 10.4. The van der Waals surface area contributed by atoms with Crippen LogP contribution < -0.4 is 14.8 Å². The van der Waals surface area contributed by atoms with Gasteiger partial charge in [-0.25, -0.2) is 0 Å². The smallest absolute Gasteiger partial charge is 0.262 e. The monoisotopic (exact) mass is 401 g/mol. The number of ether oxygens (including phenoxy) is 2. The Morgan fingerprint density at radius 2 is 1.63 bits per heavy atom. The molecule has 1 aromatic heterocycles. The van der Waals surface area contributed by atoms with E-state index in [1.807, 2.05) is 54.6 Å². The Morgan fingerprint density at radius 3 is 2.43 bits per heavy atom. The number of methoxy groups -OCH3 is 1. The van der Waals surface area contributed by atoms with Gasteiger partial charge in [0.1, 0.15) is 11.5 Å². The van der Waals surface area contributed by atoms with E-state index in [9.17, 15) is 4.79 Å². The molecule has 0 aliphatic heterocycles. The standard InChI is InChI=1S/C23H19N3O4/c1-28-20-14-8-6-12-18(20)24-21(27)15-29-19-13-7-5-11-17(19)23-25-22(26-30-23)16-9-3-2-4-10-16/h2-14H,15H2,1H3,(H,24,27). The van der Waals surface area contributed by atoms with Gasteiger partial charge in [0.25, 0.3) is 11.8 Å². The molecule has 0 aliphatic carbocycles. The number of nitrogens with zero attached hydrogens (tertiary/aromatic N) is 2. The van der Waals surface area contributed by atoms with Crippen molar-refractivity contribution < 1.29 is 18.8 Å². The van der Waals surface area contributed by atoms with Gasteiger partial charge < -0.3 is 19.3 Å². The van der Waals surface area contributed by atoms with Crippen LogP contribution in [0.1, 0.15) is 0 Å². The van der Waals surface area contributed by atoms with Crippen molar-refractivity contribution in [2.75, 3.05) is 19.0 Å². The van der Waals surface area contributed by atoms with Gasteiger partial charge in [0.15, 0.2) is 6.61 Å². The third-order valence-electron chi connectivity index (χ3n) is 4.32. The summed E-state index contributed by atoms with van der Waals surface area (Å²) >= 11 is 0. The van der Waals surface area contributed by atoms with E-state index in [1.54, 1.807) is 31.4 Å². The number of para-hydroxylation sites is 3. The Kier molecular flexibility index (Phi) is 5.70. The van der Waals surface area contributed by atoms with E-state index < -0.39 is 0 Å². The van der Waals surface area contributed by atoms with Crippen molar-refractivity contribution in [1.29, 1.82) is 0 Å². The molecule has 7 heteroatoms. The fourth-order valence-electron chi connectivity index (χ4n) is 2.88. The molecule has 0 fully saturated rings. The number of nitrogens with one attached hydrogen (secondary N) is 1. The summed E-state index contributed by atoms with van der Waals surface area (Å²) < 4.78 is 16.4. The van der Waals surface area contributed by atoms with Crippen molar-refractivity contribution in [3.63, 3.8) is 0 Å². The Morgan fingerprint density at radius 1 is 0.933 bits per heavy atom. The lowest BCUT2D eigenvalue weighted by atomic mass is 10.2. The molecule has 4 aromatic rings. The average molecular weight is 401 g/mol. The fourth-order valence-corrected chi connectivity index (χ4v) is 2.88. The lowest BCUT2D eigenvalue weighted by molar-refractivity contribution is -0.118. The predicted molar refractivity (Wildman–Crippen MR) is 112 cm³/mol. The molecule has 0 radical (unpaired) electrons. The highest BCUT2D eigenvalue weighted by Gasteiger charge is 2.16. The largest absolute Gasteiger partial charge is 0.495 e. The summed E-state index contributed by atoms with van der Waals surface area (Å²) in [6, 6.07) is 23.9. The van der Waals surface area contributed by atoms with E-state index in [2.05, 4.69) is 15.5 Å². The zero-order valence-corrected chi connectivity index (χ0v) is 16.2. The molecule has 0 atom stereocenters. The van der Waals surface area contributed by atoms with E-state index in [1.165, 1.54) is 0 Å². The van der Waals surface area contributed by atoms with Gasteiger partial charge in [-0.1, -0.05) is 59.8 Å². The molecule has 1 heterocycles. The van der Waals surface area contributed by atoms with Crippen molar-refractivity contribution in [1.82, 2.24) is 10.1 Å². The molecule has 0 aliphatic rings. The van der Waals surface area contributed by atoms with Gasteiger partial charge in [-0.2, -0.15) is 4.98 Å². The molecular formula is C23H19N3O4. The summed E-state index contributed by atoms with van der Waals surface area (Å²) in [6.45, 7) is -0.186. The molecule has 150 valence electrons. The first-order valence-electron chi connectivity index (χ1n) is 9.29. The molecule has 1 amide bonds. The summed E-state index contributed by atoms with van der Waals surface area (Å²) in [5.41, 5.74) is 2.03. The number of hydrogen-bond acceptors (Lipinski definition) is 6. The number of rotatable bonds is 7.